The lowest BCUT2D eigenvalue weighted by Gasteiger charge is -2.15. The third-order valence-corrected chi connectivity index (χ3v) is 2.28. The number of nitrogens with two attached hydrogens (primary N) is 1. The van der Waals surface area contributed by atoms with Crippen LogP contribution < -0.4 is 10.5 Å². The standard InChI is InChI=1S/C10H16N2O/c1-7(8(2)11)9-4-10(13-3)6-12-5-9/h4-8H,11H2,1-3H3. The van der Waals surface area contributed by atoms with E-state index in [0.717, 1.165) is 11.3 Å². The van der Waals surface area contributed by atoms with E-state index in [0.29, 0.717) is 5.92 Å². The second kappa shape index (κ2) is 4.23. The van der Waals surface area contributed by atoms with Gasteiger partial charge < -0.3 is 10.5 Å². The summed E-state index contributed by atoms with van der Waals surface area (Å²) >= 11 is 0. The minimum absolute atomic E-state index is 0.133. The summed E-state index contributed by atoms with van der Waals surface area (Å²) in [5.74, 6) is 1.09. The van der Waals surface area contributed by atoms with Crippen LogP contribution in [0.15, 0.2) is 18.5 Å². The first-order chi connectivity index (χ1) is 6.15. The number of aromatic nitrogens is 1. The van der Waals surface area contributed by atoms with Crippen molar-refractivity contribution in [2.24, 2.45) is 5.73 Å². The number of pyridine rings is 1. The van der Waals surface area contributed by atoms with Crippen LogP contribution >= 0.6 is 0 Å². The highest BCUT2D eigenvalue weighted by molar-refractivity contribution is 5.26. The molecule has 72 valence electrons. The molecule has 0 saturated carbocycles. The van der Waals surface area contributed by atoms with Crippen LogP contribution in [0.1, 0.15) is 25.3 Å². The molecule has 2 N–H and O–H groups in total. The van der Waals surface area contributed by atoms with Gasteiger partial charge in [-0.3, -0.25) is 4.98 Å². The zero-order valence-corrected chi connectivity index (χ0v) is 8.32. The second-order valence-corrected chi connectivity index (χ2v) is 3.31. The van der Waals surface area contributed by atoms with E-state index >= 15 is 0 Å². The van der Waals surface area contributed by atoms with Gasteiger partial charge in [0, 0.05) is 12.2 Å². The van der Waals surface area contributed by atoms with Gasteiger partial charge in [-0.15, -0.1) is 0 Å². The smallest absolute Gasteiger partial charge is 0.137 e. The molecule has 0 fully saturated rings. The van der Waals surface area contributed by atoms with E-state index in [1.165, 1.54) is 0 Å². The molecule has 0 aromatic carbocycles. The zero-order valence-electron chi connectivity index (χ0n) is 8.32. The van der Waals surface area contributed by atoms with Gasteiger partial charge in [0.1, 0.15) is 5.75 Å². The molecule has 3 heteroatoms. The maximum absolute atomic E-state index is 5.79. The van der Waals surface area contributed by atoms with Gasteiger partial charge in [-0.05, 0) is 24.5 Å². The quantitative estimate of drug-likeness (QED) is 0.767. The van der Waals surface area contributed by atoms with Gasteiger partial charge in [-0.2, -0.15) is 0 Å². The highest BCUT2D eigenvalue weighted by Gasteiger charge is 2.10. The molecule has 0 amide bonds. The maximum atomic E-state index is 5.79. The predicted molar refractivity (Wildman–Crippen MR) is 52.9 cm³/mol. The Balaban J connectivity index is 2.88. The molecule has 2 atom stereocenters. The molecule has 1 heterocycles. The van der Waals surface area contributed by atoms with Gasteiger partial charge >= 0.3 is 0 Å². The van der Waals surface area contributed by atoms with Crippen LogP contribution in [0.2, 0.25) is 0 Å². The Labute approximate surface area is 78.9 Å². The molecule has 0 radical (unpaired) electrons. The first-order valence-corrected chi connectivity index (χ1v) is 4.39. The molecule has 1 aromatic heterocycles. The summed E-state index contributed by atoms with van der Waals surface area (Å²) in [5.41, 5.74) is 6.91. The fraction of sp³-hybridized carbons (Fsp3) is 0.500. The molecule has 13 heavy (non-hydrogen) atoms. The molecule has 0 aliphatic rings. The molecule has 0 aliphatic heterocycles. The summed E-state index contributed by atoms with van der Waals surface area (Å²) in [6.07, 6.45) is 3.52. The molecule has 1 rings (SSSR count). The van der Waals surface area contributed by atoms with Crippen LogP contribution in [0.25, 0.3) is 0 Å². The lowest BCUT2D eigenvalue weighted by molar-refractivity contribution is 0.411. The van der Waals surface area contributed by atoms with Gasteiger partial charge in [-0.25, -0.2) is 0 Å². The number of methoxy groups -OCH3 is 1. The third kappa shape index (κ3) is 2.42. The van der Waals surface area contributed by atoms with Crippen molar-refractivity contribution in [2.45, 2.75) is 25.8 Å². The highest BCUT2D eigenvalue weighted by atomic mass is 16.5. The summed E-state index contributed by atoms with van der Waals surface area (Å²) in [6, 6.07) is 2.11. The first-order valence-electron chi connectivity index (χ1n) is 4.39. The van der Waals surface area contributed by atoms with Crippen LogP contribution in [-0.4, -0.2) is 18.1 Å². The molecule has 0 aliphatic carbocycles. The fourth-order valence-corrected chi connectivity index (χ4v) is 1.10. The van der Waals surface area contributed by atoms with E-state index in [-0.39, 0.29) is 6.04 Å². The molecule has 3 nitrogen and oxygen atoms in total. The van der Waals surface area contributed by atoms with Crippen LogP contribution in [0.4, 0.5) is 0 Å². The third-order valence-electron chi connectivity index (χ3n) is 2.28. The Morgan fingerprint density at radius 2 is 2.08 bits per heavy atom. The van der Waals surface area contributed by atoms with Crippen LogP contribution in [0.3, 0.4) is 0 Å². The number of rotatable bonds is 3. The van der Waals surface area contributed by atoms with E-state index in [4.69, 9.17) is 10.5 Å². The summed E-state index contributed by atoms with van der Waals surface area (Å²) in [6.45, 7) is 4.07. The first kappa shape index (κ1) is 9.99. The Hall–Kier alpha value is -1.09. The van der Waals surface area contributed by atoms with E-state index < -0.39 is 0 Å². The van der Waals surface area contributed by atoms with E-state index in [2.05, 4.69) is 11.9 Å². The van der Waals surface area contributed by atoms with Crippen molar-refractivity contribution in [2.75, 3.05) is 7.11 Å². The summed E-state index contributed by atoms with van der Waals surface area (Å²) in [5, 5.41) is 0. The predicted octanol–water partition coefficient (Wildman–Crippen LogP) is 1.54. The summed E-state index contributed by atoms with van der Waals surface area (Å²) < 4.78 is 5.08. The SMILES string of the molecule is COc1cncc(C(C)C(C)N)c1. The molecular formula is C10H16N2O. The topological polar surface area (TPSA) is 48.1 Å². The van der Waals surface area contributed by atoms with E-state index in [9.17, 15) is 0 Å². The average molecular weight is 180 g/mol. The van der Waals surface area contributed by atoms with Gasteiger partial charge in [0.25, 0.3) is 0 Å². The summed E-state index contributed by atoms with van der Waals surface area (Å²) in [7, 11) is 1.64. The zero-order chi connectivity index (χ0) is 9.84. The number of hydrogen-bond acceptors (Lipinski definition) is 3. The van der Waals surface area contributed by atoms with Crippen molar-refractivity contribution < 1.29 is 4.74 Å². The average Bonchev–Trinajstić information content (AvgIpc) is 2.16. The normalized spacial score (nSPS) is 15.1. The van der Waals surface area contributed by atoms with Crippen LogP contribution in [-0.2, 0) is 0 Å². The van der Waals surface area contributed by atoms with Gasteiger partial charge in [-0.1, -0.05) is 6.92 Å². The molecule has 0 spiro atoms. The van der Waals surface area contributed by atoms with Crippen molar-refractivity contribution in [3.05, 3.63) is 24.0 Å². The van der Waals surface area contributed by atoms with Crippen molar-refractivity contribution in [3.63, 3.8) is 0 Å². The lowest BCUT2D eigenvalue weighted by atomic mass is 9.97. The van der Waals surface area contributed by atoms with E-state index in [1.54, 1.807) is 13.3 Å². The van der Waals surface area contributed by atoms with Crippen LogP contribution in [0, 0.1) is 0 Å². The molecule has 0 saturated heterocycles. The number of hydrogen-bond donors (Lipinski definition) is 1. The number of ether oxygens (including phenoxy) is 1. The number of nitrogens with zero attached hydrogens (tertiary/aromatic N) is 1. The molecule has 2 unspecified atom stereocenters. The lowest BCUT2D eigenvalue weighted by Crippen LogP contribution is -2.22. The highest BCUT2D eigenvalue weighted by Crippen LogP contribution is 2.20. The Bertz CT molecular complexity index is 273. The largest absolute Gasteiger partial charge is 0.495 e. The Morgan fingerprint density at radius 1 is 1.38 bits per heavy atom. The molecule has 0 bridgehead atoms. The maximum Gasteiger partial charge on any atom is 0.137 e. The van der Waals surface area contributed by atoms with Crippen molar-refractivity contribution in [1.82, 2.24) is 4.98 Å². The minimum Gasteiger partial charge on any atom is -0.495 e. The van der Waals surface area contributed by atoms with Gasteiger partial charge in [0.15, 0.2) is 0 Å². The monoisotopic (exact) mass is 180 g/mol. The second-order valence-electron chi connectivity index (χ2n) is 3.31. The molecule has 1 aromatic rings. The van der Waals surface area contributed by atoms with Crippen molar-refractivity contribution >= 4 is 0 Å². The summed E-state index contributed by atoms with van der Waals surface area (Å²) in [4.78, 5) is 4.08. The molecular weight excluding hydrogens is 164 g/mol. The van der Waals surface area contributed by atoms with Gasteiger partial charge in [0.05, 0.1) is 13.3 Å². The Morgan fingerprint density at radius 3 is 2.62 bits per heavy atom. The van der Waals surface area contributed by atoms with Crippen molar-refractivity contribution in [1.29, 1.82) is 0 Å². The van der Waals surface area contributed by atoms with Crippen molar-refractivity contribution in [3.8, 4) is 5.75 Å². The Kier molecular flexibility index (Phi) is 3.25. The van der Waals surface area contributed by atoms with Crippen LogP contribution in [0.5, 0.6) is 5.75 Å². The van der Waals surface area contributed by atoms with E-state index in [1.807, 2.05) is 19.2 Å². The minimum atomic E-state index is 0.133. The fourth-order valence-electron chi connectivity index (χ4n) is 1.10. The van der Waals surface area contributed by atoms with Gasteiger partial charge in [0.2, 0.25) is 0 Å².